The normalized spacial score (nSPS) is 24.5. The van der Waals surface area contributed by atoms with E-state index in [0.717, 1.165) is 82.0 Å². The molecule has 0 saturated carbocycles. The number of fused-ring (bicyclic) bond motifs is 1. The van der Waals surface area contributed by atoms with Crippen LogP contribution >= 0.6 is 0 Å². The first-order valence-electron chi connectivity index (χ1n) is 16.3. The number of piperidine rings is 1. The van der Waals surface area contributed by atoms with Crippen LogP contribution < -0.4 is 4.74 Å². The van der Waals surface area contributed by atoms with Gasteiger partial charge in [0, 0.05) is 56.4 Å². The molecule has 240 valence electrons. The topological polar surface area (TPSA) is 97.5 Å². The van der Waals surface area contributed by atoms with Gasteiger partial charge in [-0.25, -0.2) is 4.98 Å². The fraction of sp³-hybridized carbons (Fsp3) is 0.500. The molecule has 45 heavy (non-hydrogen) atoms. The molecule has 9 heteroatoms. The van der Waals surface area contributed by atoms with Crippen LogP contribution in [-0.4, -0.2) is 85.0 Å². The number of likely N-dealkylation sites (tertiary alicyclic amines) is 1. The zero-order valence-corrected chi connectivity index (χ0v) is 26.5. The zero-order valence-electron chi connectivity index (χ0n) is 26.5. The Bertz CT molecular complexity index is 1510. The molecule has 2 aromatic carbocycles. The number of ether oxygens (including phenoxy) is 3. The van der Waals surface area contributed by atoms with Gasteiger partial charge in [-0.2, -0.15) is 0 Å². The fourth-order valence-electron chi connectivity index (χ4n) is 7.03. The molecule has 0 bridgehead atoms. The number of aromatic nitrogens is 1. The number of methoxy groups -OCH3 is 1. The van der Waals surface area contributed by atoms with Crippen LogP contribution in [0.3, 0.4) is 0 Å². The third-order valence-electron chi connectivity index (χ3n) is 9.56. The summed E-state index contributed by atoms with van der Waals surface area (Å²) in [6, 6.07) is 14.4. The van der Waals surface area contributed by atoms with Crippen molar-refractivity contribution in [1.29, 1.82) is 0 Å². The summed E-state index contributed by atoms with van der Waals surface area (Å²) in [6.45, 7) is 8.60. The molecule has 0 radical (unpaired) electrons. The van der Waals surface area contributed by atoms with Gasteiger partial charge in [0.05, 0.1) is 26.7 Å². The molecule has 9 nitrogen and oxygen atoms in total. The van der Waals surface area contributed by atoms with Gasteiger partial charge >= 0.3 is 5.97 Å². The molecule has 3 unspecified atom stereocenters. The Morgan fingerprint density at radius 1 is 1.13 bits per heavy atom. The predicted molar refractivity (Wildman–Crippen MR) is 173 cm³/mol. The van der Waals surface area contributed by atoms with Crippen molar-refractivity contribution in [1.82, 2.24) is 14.8 Å². The highest BCUT2D eigenvalue weighted by Crippen LogP contribution is 2.46. The van der Waals surface area contributed by atoms with Gasteiger partial charge in [0.25, 0.3) is 0 Å². The summed E-state index contributed by atoms with van der Waals surface area (Å²) in [7, 11) is 1.67. The van der Waals surface area contributed by atoms with E-state index in [1.165, 1.54) is 5.57 Å². The largest absolute Gasteiger partial charge is 0.496 e. The third kappa shape index (κ3) is 7.02. The minimum atomic E-state index is -0.892. The van der Waals surface area contributed by atoms with Crippen LogP contribution in [0.2, 0.25) is 0 Å². The lowest BCUT2D eigenvalue weighted by molar-refractivity contribution is -0.138. The van der Waals surface area contributed by atoms with Crippen LogP contribution in [0.25, 0.3) is 16.7 Å². The summed E-state index contributed by atoms with van der Waals surface area (Å²) >= 11 is 0. The van der Waals surface area contributed by atoms with E-state index in [4.69, 9.17) is 23.6 Å². The van der Waals surface area contributed by atoms with Crippen molar-refractivity contribution in [2.24, 2.45) is 5.92 Å². The van der Waals surface area contributed by atoms with Gasteiger partial charge < -0.3 is 23.7 Å². The second-order valence-electron chi connectivity index (χ2n) is 12.4. The lowest BCUT2D eigenvalue weighted by Gasteiger charge is -2.37. The van der Waals surface area contributed by atoms with Crippen molar-refractivity contribution >= 4 is 22.6 Å². The number of hydrogen-bond donors (Lipinski definition) is 1. The molecule has 0 spiro atoms. The van der Waals surface area contributed by atoms with E-state index in [2.05, 4.69) is 59.2 Å². The molecule has 3 atom stereocenters. The Hall–Kier alpha value is -3.50. The second kappa shape index (κ2) is 14.3. The van der Waals surface area contributed by atoms with Crippen molar-refractivity contribution in [3.63, 3.8) is 0 Å². The monoisotopic (exact) mass is 615 g/mol. The van der Waals surface area contributed by atoms with Gasteiger partial charge in [0.2, 0.25) is 5.89 Å². The molecule has 3 aromatic rings. The highest BCUT2D eigenvalue weighted by Gasteiger charge is 2.45. The number of carboxylic acids is 1. The van der Waals surface area contributed by atoms with Gasteiger partial charge in [-0.05, 0) is 49.1 Å². The third-order valence-corrected chi connectivity index (χ3v) is 9.56. The van der Waals surface area contributed by atoms with Crippen molar-refractivity contribution in [3.05, 3.63) is 77.7 Å². The van der Waals surface area contributed by atoms with E-state index in [9.17, 15) is 9.90 Å². The SMILES string of the molecule is COc1cc2nc(C3(OCCCN4CCOCC4)C=CC=C(c4ccccc4)C3C)oc2cc1CN1CCCCC1CC(=O)O. The molecule has 2 aliphatic heterocycles. The van der Waals surface area contributed by atoms with Crippen LogP contribution in [0.5, 0.6) is 5.75 Å². The number of morpholine rings is 1. The van der Waals surface area contributed by atoms with Crippen LogP contribution in [0.1, 0.15) is 56.0 Å². The summed E-state index contributed by atoms with van der Waals surface area (Å²) < 4.78 is 24.8. The van der Waals surface area contributed by atoms with E-state index in [1.807, 2.05) is 18.2 Å². The van der Waals surface area contributed by atoms with Crippen LogP contribution in [0, 0.1) is 5.92 Å². The van der Waals surface area contributed by atoms with Crippen molar-refractivity contribution in [2.45, 2.75) is 57.2 Å². The van der Waals surface area contributed by atoms with Gasteiger partial charge in [-0.3, -0.25) is 14.6 Å². The predicted octanol–water partition coefficient (Wildman–Crippen LogP) is 5.89. The van der Waals surface area contributed by atoms with E-state index < -0.39 is 11.6 Å². The van der Waals surface area contributed by atoms with E-state index in [0.29, 0.717) is 30.1 Å². The molecule has 2 saturated heterocycles. The highest BCUT2D eigenvalue weighted by atomic mass is 16.5. The standard InChI is InChI=1S/C36H45N3O6/c1-26-30(27-10-4-3-5-11-27)13-8-14-36(26,44-19-9-15-38-17-20-43-21-18-38)35-37-31-24-32(42-2)28(22-33(31)45-35)25-39-16-7-6-12-29(39)23-34(40)41/h3-5,8,10-11,13-14,22,24,26,29H,6-7,9,12,15-21,23,25H2,1-2H3,(H,40,41). The van der Waals surface area contributed by atoms with Crippen molar-refractivity contribution in [2.75, 3.05) is 53.1 Å². The smallest absolute Gasteiger partial charge is 0.304 e. The Balaban J connectivity index is 1.30. The van der Waals surface area contributed by atoms with Gasteiger partial charge in [0.15, 0.2) is 11.2 Å². The number of carboxylic acid groups (broad SMARTS) is 1. The minimum Gasteiger partial charge on any atom is -0.496 e. The van der Waals surface area contributed by atoms with Gasteiger partial charge in [-0.1, -0.05) is 55.8 Å². The summed E-state index contributed by atoms with van der Waals surface area (Å²) in [5.74, 6) is 0.422. The molecular formula is C36H45N3O6. The van der Waals surface area contributed by atoms with E-state index in [-0.39, 0.29) is 18.4 Å². The molecule has 1 N–H and O–H groups in total. The molecule has 3 heterocycles. The average Bonchev–Trinajstić information content (AvgIpc) is 3.48. The lowest BCUT2D eigenvalue weighted by atomic mass is 9.76. The Kier molecular flexibility index (Phi) is 10.00. The first-order chi connectivity index (χ1) is 22.0. The number of carbonyl (C=O) groups is 1. The van der Waals surface area contributed by atoms with Crippen molar-refractivity contribution < 1.29 is 28.5 Å². The number of hydrogen-bond acceptors (Lipinski definition) is 8. The molecule has 0 amide bonds. The summed E-state index contributed by atoms with van der Waals surface area (Å²) in [5.41, 5.74) is 3.76. The first kappa shape index (κ1) is 31.5. The molecule has 1 aliphatic carbocycles. The Labute approximate surface area is 265 Å². The maximum Gasteiger partial charge on any atom is 0.304 e. The maximum atomic E-state index is 11.6. The van der Waals surface area contributed by atoms with Crippen molar-refractivity contribution in [3.8, 4) is 5.75 Å². The van der Waals surface area contributed by atoms with E-state index >= 15 is 0 Å². The Morgan fingerprint density at radius 2 is 1.96 bits per heavy atom. The molecule has 6 rings (SSSR count). The lowest BCUT2D eigenvalue weighted by Crippen LogP contribution is -2.40. The average molecular weight is 616 g/mol. The number of aliphatic carboxylic acids is 1. The second-order valence-corrected chi connectivity index (χ2v) is 12.4. The molecular weight excluding hydrogens is 570 g/mol. The first-order valence-corrected chi connectivity index (χ1v) is 16.3. The molecule has 1 aromatic heterocycles. The summed E-state index contributed by atoms with van der Waals surface area (Å²) in [5, 5.41) is 9.50. The minimum absolute atomic E-state index is 0.00694. The van der Waals surface area contributed by atoms with Gasteiger partial charge in [-0.15, -0.1) is 0 Å². The number of oxazole rings is 1. The Morgan fingerprint density at radius 3 is 2.73 bits per heavy atom. The van der Waals surface area contributed by atoms with Crippen LogP contribution in [-0.2, 0) is 26.4 Å². The molecule has 3 aliphatic rings. The number of benzene rings is 2. The number of rotatable bonds is 12. The summed E-state index contributed by atoms with van der Waals surface area (Å²) in [4.78, 5) is 21.3. The molecule has 2 fully saturated rings. The fourth-order valence-corrected chi connectivity index (χ4v) is 7.03. The van der Waals surface area contributed by atoms with Gasteiger partial charge in [0.1, 0.15) is 11.3 Å². The number of allylic oxidation sites excluding steroid dienone is 2. The van der Waals surface area contributed by atoms with Crippen LogP contribution in [0.15, 0.2) is 65.1 Å². The highest BCUT2D eigenvalue weighted by molar-refractivity contribution is 5.77. The summed E-state index contributed by atoms with van der Waals surface area (Å²) in [6.07, 6.45) is 10.3. The number of nitrogens with zero attached hydrogens (tertiary/aromatic N) is 3. The van der Waals surface area contributed by atoms with E-state index in [1.54, 1.807) is 7.11 Å². The van der Waals surface area contributed by atoms with Crippen LogP contribution in [0.4, 0.5) is 0 Å². The maximum absolute atomic E-state index is 11.6. The zero-order chi connectivity index (χ0) is 31.2. The quantitative estimate of drug-likeness (QED) is 0.250.